The Morgan fingerprint density at radius 1 is 1.29 bits per heavy atom. The van der Waals surface area contributed by atoms with E-state index in [1.54, 1.807) is 12.1 Å². The average molecular weight is 236 g/mol. The lowest BCUT2D eigenvalue weighted by molar-refractivity contribution is 0.0720. The second kappa shape index (κ2) is 5.63. The van der Waals surface area contributed by atoms with E-state index in [2.05, 4.69) is 6.92 Å². The van der Waals surface area contributed by atoms with Crippen LogP contribution in [0.1, 0.15) is 38.2 Å². The summed E-state index contributed by atoms with van der Waals surface area (Å²) >= 11 is 0. The van der Waals surface area contributed by atoms with Crippen LogP contribution in [-0.2, 0) is 6.42 Å². The van der Waals surface area contributed by atoms with Gasteiger partial charge in [-0.15, -0.1) is 0 Å². The van der Waals surface area contributed by atoms with Crippen LogP contribution in [-0.4, -0.2) is 11.2 Å². The van der Waals surface area contributed by atoms with Crippen molar-refractivity contribution in [3.8, 4) is 0 Å². The first-order chi connectivity index (χ1) is 8.15. The molecule has 1 nitrogen and oxygen atoms in total. The summed E-state index contributed by atoms with van der Waals surface area (Å²) in [5.41, 5.74) is 1.03. The van der Waals surface area contributed by atoms with Gasteiger partial charge in [0.05, 0.1) is 6.10 Å². The Balaban J connectivity index is 1.91. The second-order valence-corrected chi connectivity index (χ2v) is 5.43. The molecule has 1 aromatic rings. The lowest BCUT2D eigenvalue weighted by atomic mass is 9.78. The van der Waals surface area contributed by atoms with Gasteiger partial charge in [0.2, 0.25) is 0 Å². The molecule has 0 saturated heterocycles. The molecule has 1 aliphatic rings. The SMILES string of the molecule is CC1CCCC(C(O)Cc2ccc(F)cc2)C1. The first-order valence-electron chi connectivity index (χ1n) is 6.57. The van der Waals surface area contributed by atoms with Crippen molar-refractivity contribution in [2.45, 2.75) is 45.1 Å². The van der Waals surface area contributed by atoms with Gasteiger partial charge in [0.15, 0.2) is 0 Å². The van der Waals surface area contributed by atoms with Crippen molar-refractivity contribution in [1.82, 2.24) is 0 Å². The van der Waals surface area contributed by atoms with E-state index in [-0.39, 0.29) is 11.9 Å². The molecule has 3 atom stereocenters. The smallest absolute Gasteiger partial charge is 0.123 e. The van der Waals surface area contributed by atoms with Gasteiger partial charge in [-0.3, -0.25) is 0 Å². The quantitative estimate of drug-likeness (QED) is 0.850. The van der Waals surface area contributed by atoms with Crippen LogP contribution in [0.25, 0.3) is 0 Å². The van der Waals surface area contributed by atoms with E-state index >= 15 is 0 Å². The minimum absolute atomic E-state index is 0.213. The molecule has 0 spiro atoms. The molecule has 3 unspecified atom stereocenters. The number of hydrogen-bond donors (Lipinski definition) is 1. The maximum absolute atomic E-state index is 12.8. The summed E-state index contributed by atoms with van der Waals surface area (Å²) in [6.07, 6.45) is 5.15. The summed E-state index contributed by atoms with van der Waals surface area (Å²) < 4.78 is 12.8. The molecule has 0 bridgehead atoms. The van der Waals surface area contributed by atoms with Crippen molar-refractivity contribution in [3.05, 3.63) is 35.6 Å². The molecule has 0 heterocycles. The molecule has 0 aliphatic heterocycles. The highest BCUT2D eigenvalue weighted by molar-refractivity contribution is 5.17. The van der Waals surface area contributed by atoms with E-state index < -0.39 is 0 Å². The predicted molar refractivity (Wildman–Crippen MR) is 67.2 cm³/mol. The third-order valence-electron chi connectivity index (χ3n) is 3.88. The van der Waals surface area contributed by atoms with Gasteiger partial charge in [-0.05, 0) is 48.8 Å². The Hall–Kier alpha value is -0.890. The van der Waals surface area contributed by atoms with E-state index in [0.29, 0.717) is 12.3 Å². The lowest BCUT2D eigenvalue weighted by Gasteiger charge is -2.30. The van der Waals surface area contributed by atoms with Crippen LogP contribution in [0.2, 0.25) is 0 Å². The van der Waals surface area contributed by atoms with Crippen LogP contribution in [0.15, 0.2) is 24.3 Å². The summed E-state index contributed by atoms with van der Waals surface area (Å²) in [7, 11) is 0. The van der Waals surface area contributed by atoms with E-state index in [9.17, 15) is 9.50 Å². The molecule has 2 heteroatoms. The Labute approximate surface area is 103 Å². The minimum atomic E-state index is -0.275. The number of rotatable bonds is 3. The number of benzene rings is 1. The van der Waals surface area contributed by atoms with Gasteiger partial charge in [-0.1, -0.05) is 31.9 Å². The fraction of sp³-hybridized carbons (Fsp3) is 0.600. The maximum atomic E-state index is 12.8. The summed E-state index contributed by atoms with van der Waals surface area (Å²) in [5.74, 6) is 0.940. The third-order valence-corrected chi connectivity index (χ3v) is 3.88. The highest BCUT2D eigenvalue weighted by Gasteiger charge is 2.25. The average Bonchev–Trinajstić information content (AvgIpc) is 2.32. The van der Waals surface area contributed by atoms with Gasteiger partial charge < -0.3 is 5.11 Å². The molecule has 17 heavy (non-hydrogen) atoms. The zero-order valence-electron chi connectivity index (χ0n) is 10.4. The molecule has 2 rings (SSSR count). The van der Waals surface area contributed by atoms with Crippen LogP contribution < -0.4 is 0 Å². The molecule has 94 valence electrons. The third kappa shape index (κ3) is 3.53. The fourth-order valence-electron chi connectivity index (χ4n) is 2.86. The molecule has 1 N–H and O–H groups in total. The Kier molecular flexibility index (Phi) is 4.16. The van der Waals surface area contributed by atoms with Gasteiger partial charge in [0, 0.05) is 0 Å². The Morgan fingerprint density at radius 3 is 2.65 bits per heavy atom. The Morgan fingerprint density at radius 2 is 2.00 bits per heavy atom. The second-order valence-electron chi connectivity index (χ2n) is 5.43. The van der Waals surface area contributed by atoms with Crippen LogP contribution in [0.4, 0.5) is 4.39 Å². The fourth-order valence-corrected chi connectivity index (χ4v) is 2.86. The number of hydrogen-bond acceptors (Lipinski definition) is 1. The topological polar surface area (TPSA) is 20.2 Å². The number of aliphatic hydroxyl groups is 1. The van der Waals surface area contributed by atoms with Gasteiger partial charge >= 0.3 is 0 Å². The molecule has 0 aromatic heterocycles. The molecular formula is C15H21FO. The van der Waals surface area contributed by atoms with Gasteiger partial charge in [0.1, 0.15) is 5.82 Å². The first kappa shape index (κ1) is 12.6. The summed E-state index contributed by atoms with van der Waals surface area (Å²) in [5, 5.41) is 10.2. The summed E-state index contributed by atoms with van der Waals surface area (Å²) in [4.78, 5) is 0. The normalized spacial score (nSPS) is 26.8. The van der Waals surface area contributed by atoms with Gasteiger partial charge in [-0.2, -0.15) is 0 Å². The molecule has 0 amide bonds. The van der Waals surface area contributed by atoms with E-state index in [1.165, 1.54) is 25.0 Å². The number of aliphatic hydroxyl groups excluding tert-OH is 1. The monoisotopic (exact) mass is 236 g/mol. The van der Waals surface area contributed by atoms with Crippen molar-refractivity contribution in [1.29, 1.82) is 0 Å². The molecular weight excluding hydrogens is 215 g/mol. The summed E-state index contributed by atoms with van der Waals surface area (Å²) in [6.45, 7) is 2.26. The Bertz CT molecular complexity index is 346. The molecule has 1 aliphatic carbocycles. The zero-order valence-corrected chi connectivity index (χ0v) is 10.4. The van der Waals surface area contributed by atoms with E-state index in [0.717, 1.165) is 24.3 Å². The summed E-state index contributed by atoms with van der Waals surface area (Å²) in [6, 6.07) is 6.46. The largest absolute Gasteiger partial charge is 0.392 e. The molecule has 0 radical (unpaired) electrons. The molecule has 1 saturated carbocycles. The van der Waals surface area contributed by atoms with Crippen LogP contribution in [0.5, 0.6) is 0 Å². The highest BCUT2D eigenvalue weighted by Crippen LogP contribution is 2.31. The zero-order chi connectivity index (χ0) is 12.3. The highest BCUT2D eigenvalue weighted by atomic mass is 19.1. The van der Waals surface area contributed by atoms with Crippen molar-refractivity contribution >= 4 is 0 Å². The number of halogens is 1. The van der Waals surface area contributed by atoms with Gasteiger partial charge in [0.25, 0.3) is 0 Å². The standard InChI is InChI=1S/C15H21FO/c1-11-3-2-4-13(9-11)15(17)10-12-5-7-14(16)8-6-12/h5-8,11,13,15,17H,2-4,9-10H2,1H3. The van der Waals surface area contributed by atoms with Gasteiger partial charge in [-0.25, -0.2) is 4.39 Å². The minimum Gasteiger partial charge on any atom is -0.392 e. The van der Waals surface area contributed by atoms with E-state index in [1.807, 2.05) is 0 Å². The van der Waals surface area contributed by atoms with Crippen molar-refractivity contribution in [2.24, 2.45) is 11.8 Å². The first-order valence-corrected chi connectivity index (χ1v) is 6.57. The van der Waals surface area contributed by atoms with Crippen LogP contribution in [0, 0.1) is 17.7 Å². The predicted octanol–water partition coefficient (Wildman–Crippen LogP) is 3.56. The van der Waals surface area contributed by atoms with Crippen LogP contribution >= 0.6 is 0 Å². The van der Waals surface area contributed by atoms with Crippen molar-refractivity contribution in [3.63, 3.8) is 0 Å². The maximum Gasteiger partial charge on any atom is 0.123 e. The lowest BCUT2D eigenvalue weighted by Crippen LogP contribution is -2.27. The van der Waals surface area contributed by atoms with Crippen LogP contribution in [0.3, 0.4) is 0 Å². The van der Waals surface area contributed by atoms with Crippen molar-refractivity contribution < 1.29 is 9.50 Å². The molecule has 1 aromatic carbocycles. The molecule has 1 fully saturated rings. The van der Waals surface area contributed by atoms with E-state index in [4.69, 9.17) is 0 Å². The van der Waals surface area contributed by atoms with Crippen molar-refractivity contribution in [2.75, 3.05) is 0 Å².